The van der Waals surface area contributed by atoms with E-state index < -0.39 is 0 Å². The van der Waals surface area contributed by atoms with E-state index in [1.807, 2.05) is 30.3 Å². The van der Waals surface area contributed by atoms with Crippen LogP contribution in [0, 0.1) is 11.3 Å². The van der Waals surface area contributed by atoms with Gasteiger partial charge in [-0.25, -0.2) is 9.50 Å². The largest absolute Gasteiger partial charge is 0.295 e. The number of hydrogen-bond donors (Lipinski definition) is 1. The highest BCUT2D eigenvalue weighted by molar-refractivity contribution is 9.10. The second-order valence-corrected chi connectivity index (χ2v) is 6.25. The van der Waals surface area contributed by atoms with Crippen LogP contribution in [0.4, 0.5) is 0 Å². The highest BCUT2D eigenvalue weighted by Gasteiger charge is 2.09. The molecule has 5 nitrogen and oxygen atoms in total. The molecular formula is C14H9BrN4OS. The molecule has 104 valence electrons. The van der Waals surface area contributed by atoms with Crippen LogP contribution in [0.25, 0.3) is 5.65 Å². The summed E-state index contributed by atoms with van der Waals surface area (Å²) in [6.45, 7) is 0. The molecule has 1 N–H and O–H groups in total. The first kappa shape index (κ1) is 13.9. The molecule has 0 atom stereocenters. The van der Waals surface area contributed by atoms with Gasteiger partial charge in [0.15, 0.2) is 5.65 Å². The quantitative estimate of drug-likeness (QED) is 0.728. The third kappa shape index (κ3) is 2.86. The number of halogens is 1. The molecule has 0 aliphatic carbocycles. The Morgan fingerprint density at radius 1 is 1.43 bits per heavy atom. The number of fused-ring (bicyclic) bond motifs is 1. The molecule has 0 aliphatic heterocycles. The van der Waals surface area contributed by atoms with Gasteiger partial charge in [0.05, 0.1) is 5.69 Å². The number of nitriles is 1. The average molecular weight is 361 g/mol. The molecule has 0 saturated heterocycles. The number of aromatic amines is 1. The zero-order chi connectivity index (χ0) is 14.8. The molecule has 3 aromatic rings. The Kier molecular flexibility index (Phi) is 3.82. The Morgan fingerprint density at radius 3 is 3.05 bits per heavy atom. The van der Waals surface area contributed by atoms with Gasteiger partial charge in [-0.15, -0.1) is 11.8 Å². The van der Waals surface area contributed by atoms with E-state index in [2.05, 4.69) is 26.0 Å². The second-order valence-electron chi connectivity index (χ2n) is 4.29. The van der Waals surface area contributed by atoms with Crippen molar-refractivity contribution < 1.29 is 0 Å². The zero-order valence-electron chi connectivity index (χ0n) is 10.7. The maximum absolute atomic E-state index is 12.0. The number of rotatable bonds is 3. The molecule has 0 saturated carbocycles. The lowest BCUT2D eigenvalue weighted by atomic mass is 10.3. The SMILES string of the molecule is N#Cc1c[nH]n2c(=O)cc(CSc3cccc(Br)c3)nc12. The molecule has 0 fully saturated rings. The van der Waals surface area contributed by atoms with Crippen LogP contribution < -0.4 is 5.56 Å². The summed E-state index contributed by atoms with van der Waals surface area (Å²) in [5.74, 6) is 0.568. The van der Waals surface area contributed by atoms with E-state index in [-0.39, 0.29) is 5.56 Å². The topological polar surface area (TPSA) is 73.9 Å². The first-order chi connectivity index (χ1) is 10.2. The maximum Gasteiger partial charge on any atom is 0.272 e. The van der Waals surface area contributed by atoms with Gasteiger partial charge in [0.1, 0.15) is 11.6 Å². The predicted molar refractivity (Wildman–Crippen MR) is 84.2 cm³/mol. The minimum absolute atomic E-state index is 0.216. The van der Waals surface area contributed by atoms with Crippen molar-refractivity contribution in [3.63, 3.8) is 0 Å². The third-order valence-corrected chi connectivity index (χ3v) is 4.37. The second kappa shape index (κ2) is 5.76. The first-order valence-electron chi connectivity index (χ1n) is 6.06. The van der Waals surface area contributed by atoms with E-state index >= 15 is 0 Å². The Labute approximate surface area is 132 Å². The lowest BCUT2D eigenvalue weighted by Gasteiger charge is -2.02. The number of benzene rings is 1. The van der Waals surface area contributed by atoms with Crippen molar-refractivity contribution >= 4 is 33.3 Å². The van der Waals surface area contributed by atoms with Gasteiger partial charge in [-0.05, 0) is 18.2 Å². The predicted octanol–water partition coefficient (Wildman–Crippen LogP) is 2.95. The molecule has 0 unspecified atom stereocenters. The molecule has 2 heterocycles. The highest BCUT2D eigenvalue weighted by Crippen LogP contribution is 2.24. The molecule has 0 bridgehead atoms. The van der Waals surface area contributed by atoms with Crippen molar-refractivity contribution in [1.82, 2.24) is 14.6 Å². The summed E-state index contributed by atoms with van der Waals surface area (Å²) in [6, 6.07) is 11.4. The van der Waals surface area contributed by atoms with Crippen LogP contribution in [0.3, 0.4) is 0 Å². The van der Waals surface area contributed by atoms with Crippen molar-refractivity contribution in [1.29, 1.82) is 5.26 Å². The first-order valence-corrected chi connectivity index (χ1v) is 7.84. The Hall–Kier alpha value is -2.04. The van der Waals surface area contributed by atoms with E-state index in [9.17, 15) is 4.79 Å². The van der Waals surface area contributed by atoms with Crippen LogP contribution in [-0.2, 0) is 5.75 Å². The van der Waals surface area contributed by atoms with E-state index in [1.165, 1.54) is 16.8 Å². The summed E-state index contributed by atoms with van der Waals surface area (Å²) in [7, 11) is 0. The Bertz CT molecular complexity index is 909. The molecule has 1 aromatic carbocycles. The standard InChI is InChI=1S/C14H9BrN4OS/c15-10-2-1-3-12(4-10)21-8-11-5-13(20)19-14(18-11)9(6-16)7-17-19/h1-5,7,17H,8H2. The minimum Gasteiger partial charge on any atom is -0.295 e. The lowest BCUT2D eigenvalue weighted by molar-refractivity contribution is 0.888. The van der Waals surface area contributed by atoms with Crippen molar-refractivity contribution in [2.75, 3.05) is 0 Å². The normalized spacial score (nSPS) is 10.7. The molecule has 3 rings (SSSR count). The van der Waals surface area contributed by atoms with Crippen LogP contribution in [0.5, 0.6) is 0 Å². The summed E-state index contributed by atoms with van der Waals surface area (Å²) < 4.78 is 2.28. The van der Waals surface area contributed by atoms with Crippen molar-refractivity contribution in [3.05, 3.63) is 62.6 Å². The lowest BCUT2D eigenvalue weighted by Crippen LogP contribution is -2.15. The van der Waals surface area contributed by atoms with Gasteiger partial charge < -0.3 is 0 Å². The maximum atomic E-state index is 12.0. The summed E-state index contributed by atoms with van der Waals surface area (Å²) in [6.07, 6.45) is 1.48. The zero-order valence-corrected chi connectivity index (χ0v) is 13.1. The fourth-order valence-corrected chi connectivity index (χ4v) is 3.30. The molecule has 21 heavy (non-hydrogen) atoms. The fourth-order valence-electron chi connectivity index (χ4n) is 1.90. The van der Waals surface area contributed by atoms with E-state index in [0.29, 0.717) is 22.7 Å². The molecule has 0 amide bonds. The molecular weight excluding hydrogens is 352 g/mol. The smallest absolute Gasteiger partial charge is 0.272 e. The van der Waals surface area contributed by atoms with Crippen molar-refractivity contribution in [3.8, 4) is 6.07 Å². The molecule has 7 heteroatoms. The number of nitrogens with one attached hydrogen (secondary N) is 1. The summed E-state index contributed by atoms with van der Waals surface area (Å²) in [4.78, 5) is 17.4. The van der Waals surface area contributed by atoms with Gasteiger partial charge in [0, 0.05) is 27.4 Å². The third-order valence-electron chi connectivity index (χ3n) is 2.85. The van der Waals surface area contributed by atoms with Gasteiger partial charge in [0.2, 0.25) is 0 Å². The van der Waals surface area contributed by atoms with E-state index in [0.717, 1.165) is 9.37 Å². The Morgan fingerprint density at radius 2 is 2.29 bits per heavy atom. The highest BCUT2D eigenvalue weighted by atomic mass is 79.9. The summed E-state index contributed by atoms with van der Waals surface area (Å²) in [5.41, 5.74) is 1.17. The van der Waals surface area contributed by atoms with Crippen LogP contribution >= 0.6 is 27.7 Å². The van der Waals surface area contributed by atoms with Crippen LogP contribution in [0.15, 0.2) is 50.7 Å². The van der Waals surface area contributed by atoms with Crippen LogP contribution in [0.2, 0.25) is 0 Å². The fraction of sp³-hybridized carbons (Fsp3) is 0.0714. The molecule has 0 radical (unpaired) electrons. The monoisotopic (exact) mass is 360 g/mol. The minimum atomic E-state index is -0.216. The van der Waals surface area contributed by atoms with Crippen molar-refractivity contribution in [2.24, 2.45) is 0 Å². The number of aromatic nitrogens is 3. The molecule has 2 aromatic heterocycles. The number of nitrogens with zero attached hydrogens (tertiary/aromatic N) is 3. The average Bonchev–Trinajstić information content (AvgIpc) is 2.89. The van der Waals surface area contributed by atoms with E-state index in [4.69, 9.17) is 5.26 Å². The van der Waals surface area contributed by atoms with Gasteiger partial charge in [0.25, 0.3) is 5.56 Å². The molecule has 0 aliphatic rings. The van der Waals surface area contributed by atoms with Gasteiger partial charge >= 0.3 is 0 Å². The van der Waals surface area contributed by atoms with Gasteiger partial charge in [-0.3, -0.25) is 9.89 Å². The van der Waals surface area contributed by atoms with E-state index in [1.54, 1.807) is 11.8 Å². The summed E-state index contributed by atoms with van der Waals surface area (Å²) >= 11 is 5.01. The Balaban J connectivity index is 1.91. The summed E-state index contributed by atoms with van der Waals surface area (Å²) in [5, 5.41) is 11.7. The number of hydrogen-bond acceptors (Lipinski definition) is 4. The van der Waals surface area contributed by atoms with Gasteiger partial charge in [-0.2, -0.15) is 5.26 Å². The van der Waals surface area contributed by atoms with Crippen LogP contribution in [0.1, 0.15) is 11.3 Å². The van der Waals surface area contributed by atoms with Gasteiger partial charge in [-0.1, -0.05) is 22.0 Å². The van der Waals surface area contributed by atoms with Crippen molar-refractivity contribution in [2.45, 2.75) is 10.6 Å². The molecule has 0 spiro atoms. The van der Waals surface area contributed by atoms with Crippen LogP contribution in [-0.4, -0.2) is 14.6 Å². The number of thioether (sulfide) groups is 1. The number of H-pyrrole nitrogens is 1.